The third-order valence-electron chi connectivity index (χ3n) is 3.77. The van der Waals surface area contributed by atoms with Gasteiger partial charge in [-0.15, -0.1) is 0 Å². The molecule has 0 unspecified atom stereocenters. The van der Waals surface area contributed by atoms with E-state index in [9.17, 15) is 4.39 Å². The topological polar surface area (TPSA) is 76.3 Å². The van der Waals surface area contributed by atoms with Crippen LogP contribution >= 0.6 is 0 Å². The number of aromatic nitrogens is 2. The maximum absolute atomic E-state index is 13.5. The summed E-state index contributed by atoms with van der Waals surface area (Å²) in [5.41, 5.74) is 7.14. The number of rotatable bonds is 5. The average Bonchev–Trinajstić information content (AvgIpc) is 2.56. The van der Waals surface area contributed by atoms with Gasteiger partial charge in [0.05, 0.1) is 13.2 Å². The Hall–Kier alpha value is -2.25. The van der Waals surface area contributed by atoms with E-state index >= 15 is 0 Å². The number of hydrogen-bond donors (Lipinski definition) is 2. The van der Waals surface area contributed by atoms with E-state index < -0.39 is 0 Å². The van der Waals surface area contributed by atoms with Crippen LogP contribution in [0.3, 0.4) is 0 Å². The number of hydrogen-bond acceptors (Lipinski definition) is 6. The van der Waals surface area contributed by atoms with Crippen molar-refractivity contribution in [1.29, 1.82) is 0 Å². The molecule has 6 nitrogen and oxygen atoms in total. The first kappa shape index (κ1) is 15.6. The predicted molar refractivity (Wildman–Crippen MR) is 87.6 cm³/mol. The Labute approximate surface area is 134 Å². The second-order valence-electron chi connectivity index (χ2n) is 5.38. The van der Waals surface area contributed by atoms with E-state index in [1.165, 1.54) is 12.1 Å². The molecule has 1 fully saturated rings. The minimum Gasteiger partial charge on any atom is -0.379 e. The van der Waals surface area contributed by atoms with Crippen molar-refractivity contribution in [2.45, 2.75) is 0 Å². The summed E-state index contributed by atoms with van der Waals surface area (Å²) in [4.78, 5) is 10.6. The molecule has 1 aromatic carbocycles. The summed E-state index contributed by atoms with van der Waals surface area (Å²) in [5.74, 6) is 0.522. The Morgan fingerprint density at radius 3 is 2.91 bits per heavy atom. The normalized spacial score (nSPS) is 15.5. The number of nitrogens with two attached hydrogens (primary N) is 1. The van der Waals surface area contributed by atoms with Crippen LogP contribution in [0.2, 0.25) is 0 Å². The third-order valence-corrected chi connectivity index (χ3v) is 3.77. The summed E-state index contributed by atoms with van der Waals surface area (Å²) in [6.07, 6.45) is 1.62. The number of anilines is 2. The summed E-state index contributed by atoms with van der Waals surface area (Å²) < 4.78 is 18.8. The maximum Gasteiger partial charge on any atom is 0.221 e. The monoisotopic (exact) mass is 317 g/mol. The van der Waals surface area contributed by atoms with Crippen LogP contribution in [0.1, 0.15) is 0 Å². The van der Waals surface area contributed by atoms with Crippen molar-refractivity contribution < 1.29 is 9.13 Å². The molecule has 0 bridgehead atoms. The molecule has 7 heteroatoms. The fraction of sp³-hybridized carbons (Fsp3) is 0.375. The molecule has 122 valence electrons. The quantitative estimate of drug-likeness (QED) is 0.872. The fourth-order valence-electron chi connectivity index (χ4n) is 2.55. The van der Waals surface area contributed by atoms with Crippen molar-refractivity contribution >= 4 is 11.8 Å². The van der Waals surface area contributed by atoms with E-state index in [4.69, 9.17) is 10.5 Å². The first-order chi connectivity index (χ1) is 11.2. The van der Waals surface area contributed by atoms with Crippen LogP contribution in [0.25, 0.3) is 11.1 Å². The molecular weight excluding hydrogens is 297 g/mol. The van der Waals surface area contributed by atoms with Gasteiger partial charge in [0, 0.05) is 37.9 Å². The molecule has 2 heterocycles. The van der Waals surface area contributed by atoms with Crippen LogP contribution in [0.5, 0.6) is 0 Å². The minimum absolute atomic E-state index is 0.194. The van der Waals surface area contributed by atoms with Gasteiger partial charge in [-0.2, -0.15) is 4.98 Å². The van der Waals surface area contributed by atoms with Crippen LogP contribution in [0.15, 0.2) is 30.5 Å². The highest BCUT2D eigenvalue weighted by molar-refractivity contribution is 5.75. The molecule has 0 spiro atoms. The Bertz CT molecular complexity index is 661. The summed E-state index contributed by atoms with van der Waals surface area (Å²) in [7, 11) is 0. The van der Waals surface area contributed by atoms with Gasteiger partial charge in [-0.05, 0) is 17.7 Å². The van der Waals surface area contributed by atoms with Gasteiger partial charge in [0.25, 0.3) is 0 Å². The zero-order chi connectivity index (χ0) is 16.1. The molecule has 0 amide bonds. The SMILES string of the molecule is Nc1ncc(-c2cccc(F)c2)c(NCCN2CCOCC2)n1. The van der Waals surface area contributed by atoms with Gasteiger partial charge < -0.3 is 15.8 Å². The van der Waals surface area contributed by atoms with E-state index in [0.29, 0.717) is 5.82 Å². The second-order valence-corrected chi connectivity index (χ2v) is 5.38. The molecule has 0 radical (unpaired) electrons. The number of morpholine rings is 1. The maximum atomic E-state index is 13.5. The smallest absolute Gasteiger partial charge is 0.221 e. The zero-order valence-electron chi connectivity index (χ0n) is 12.8. The highest BCUT2D eigenvalue weighted by Gasteiger charge is 2.12. The van der Waals surface area contributed by atoms with Crippen molar-refractivity contribution in [1.82, 2.24) is 14.9 Å². The molecule has 1 aliphatic heterocycles. The highest BCUT2D eigenvalue weighted by atomic mass is 19.1. The minimum atomic E-state index is -0.293. The van der Waals surface area contributed by atoms with Gasteiger partial charge in [0.15, 0.2) is 0 Å². The molecule has 23 heavy (non-hydrogen) atoms. The Morgan fingerprint density at radius 1 is 1.30 bits per heavy atom. The Balaban J connectivity index is 1.71. The van der Waals surface area contributed by atoms with Crippen molar-refractivity contribution in [2.24, 2.45) is 0 Å². The van der Waals surface area contributed by atoms with Gasteiger partial charge in [-0.25, -0.2) is 9.37 Å². The third kappa shape index (κ3) is 4.14. The molecule has 3 N–H and O–H groups in total. The van der Waals surface area contributed by atoms with Crippen molar-refractivity contribution in [2.75, 3.05) is 50.4 Å². The molecule has 1 saturated heterocycles. The number of nitrogens with zero attached hydrogens (tertiary/aromatic N) is 3. The molecule has 1 aliphatic rings. The van der Waals surface area contributed by atoms with E-state index in [-0.39, 0.29) is 11.8 Å². The first-order valence-electron chi connectivity index (χ1n) is 7.65. The van der Waals surface area contributed by atoms with Gasteiger partial charge in [-0.1, -0.05) is 12.1 Å². The molecule has 0 saturated carbocycles. The lowest BCUT2D eigenvalue weighted by Gasteiger charge is -2.26. The standard InChI is InChI=1S/C16H20FN5O/c17-13-3-1-2-12(10-13)14-11-20-16(18)21-15(14)19-4-5-22-6-8-23-9-7-22/h1-3,10-11H,4-9H2,(H3,18,19,20,21). The van der Waals surface area contributed by atoms with Crippen LogP contribution in [-0.2, 0) is 4.74 Å². The lowest BCUT2D eigenvalue weighted by atomic mass is 10.1. The zero-order valence-corrected chi connectivity index (χ0v) is 12.8. The van der Waals surface area contributed by atoms with Gasteiger partial charge in [0.2, 0.25) is 5.95 Å². The van der Waals surface area contributed by atoms with Crippen molar-refractivity contribution in [3.05, 3.63) is 36.3 Å². The molecular formula is C16H20FN5O. The second kappa shape index (κ2) is 7.34. The van der Waals surface area contributed by atoms with Crippen molar-refractivity contribution in [3.8, 4) is 11.1 Å². The average molecular weight is 317 g/mol. The predicted octanol–water partition coefficient (Wildman–Crippen LogP) is 1.61. The van der Waals surface area contributed by atoms with Crippen LogP contribution < -0.4 is 11.1 Å². The molecule has 3 rings (SSSR count). The molecule has 0 aliphatic carbocycles. The summed E-state index contributed by atoms with van der Waals surface area (Å²) >= 11 is 0. The fourth-order valence-corrected chi connectivity index (χ4v) is 2.55. The summed E-state index contributed by atoms with van der Waals surface area (Å²) in [6, 6.07) is 6.36. The van der Waals surface area contributed by atoms with E-state index in [1.807, 2.05) is 6.07 Å². The molecule has 1 aromatic heterocycles. The number of benzene rings is 1. The molecule has 2 aromatic rings. The lowest BCUT2D eigenvalue weighted by molar-refractivity contribution is 0.0398. The largest absolute Gasteiger partial charge is 0.379 e. The van der Waals surface area contributed by atoms with Crippen molar-refractivity contribution in [3.63, 3.8) is 0 Å². The summed E-state index contributed by atoms with van der Waals surface area (Å²) in [6.45, 7) is 5.02. The highest BCUT2D eigenvalue weighted by Crippen LogP contribution is 2.26. The van der Waals surface area contributed by atoms with Crippen LogP contribution in [-0.4, -0.2) is 54.3 Å². The van der Waals surface area contributed by atoms with Gasteiger partial charge in [0.1, 0.15) is 11.6 Å². The van der Waals surface area contributed by atoms with Crippen LogP contribution in [0, 0.1) is 5.82 Å². The Kier molecular flexibility index (Phi) is 4.99. The Morgan fingerprint density at radius 2 is 2.13 bits per heavy atom. The first-order valence-corrected chi connectivity index (χ1v) is 7.65. The van der Waals surface area contributed by atoms with Crippen LogP contribution in [0.4, 0.5) is 16.2 Å². The number of nitrogen functional groups attached to an aromatic ring is 1. The van der Waals surface area contributed by atoms with Gasteiger partial charge in [-0.3, -0.25) is 4.90 Å². The molecule has 0 atom stereocenters. The number of nitrogens with one attached hydrogen (secondary N) is 1. The lowest BCUT2D eigenvalue weighted by Crippen LogP contribution is -2.39. The van der Waals surface area contributed by atoms with E-state index in [0.717, 1.165) is 50.5 Å². The number of halogens is 1. The van der Waals surface area contributed by atoms with Gasteiger partial charge >= 0.3 is 0 Å². The van der Waals surface area contributed by atoms with E-state index in [1.54, 1.807) is 12.3 Å². The summed E-state index contributed by atoms with van der Waals surface area (Å²) in [5, 5.41) is 3.28. The van der Waals surface area contributed by atoms with E-state index in [2.05, 4.69) is 20.2 Å². The number of ether oxygens (including phenoxy) is 1.